The van der Waals surface area contributed by atoms with E-state index in [2.05, 4.69) is 4.72 Å². The molecule has 0 aromatic carbocycles. The Labute approximate surface area is 120 Å². The number of hydrogen-bond acceptors (Lipinski definition) is 4. The molecule has 1 fully saturated rings. The Bertz CT molecular complexity index is 421. The van der Waals surface area contributed by atoms with Crippen LogP contribution in [0, 0.1) is 11.3 Å². The molecule has 1 saturated heterocycles. The highest BCUT2D eigenvalue weighted by Gasteiger charge is 2.30. The lowest BCUT2D eigenvalue weighted by Crippen LogP contribution is -2.41. The molecule has 0 aliphatic carbocycles. The van der Waals surface area contributed by atoms with Gasteiger partial charge in [-0.2, -0.15) is 0 Å². The SMILES string of the molecule is CC(C)(C)CC(CNS(=O)(=O)C1CCOCC1)C(=O)O. The molecule has 7 heteroatoms. The predicted octanol–water partition coefficient (Wildman–Crippen LogP) is 1.22. The van der Waals surface area contributed by atoms with Crippen molar-refractivity contribution in [3.8, 4) is 0 Å². The van der Waals surface area contributed by atoms with Crippen LogP contribution in [-0.4, -0.2) is 44.5 Å². The van der Waals surface area contributed by atoms with E-state index in [0.29, 0.717) is 32.5 Å². The molecule has 0 radical (unpaired) electrons. The molecule has 0 aromatic rings. The Morgan fingerprint density at radius 2 is 1.90 bits per heavy atom. The first kappa shape index (κ1) is 17.4. The van der Waals surface area contributed by atoms with Crippen LogP contribution in [0.25, 0.3) is 0 Å². The number of aliphatic carboxylic acids is 1. The van der Waals surface area contributed by atoms with Crippen LogP contribution >= 0.6 is 0 Å². The van der Waals surface area contributed by atoms with Crippen molar-refractivity contribution >= 4 is 16.0 Å². The number of sulfonamides is 1. The molecule has 0 saturated carbocycles. The quantitative estimate of drug-likeness (QED) is 0.769. The van der Waals surface area contributed by atoms with Crippen molar-refractivity contribution in [2.24, 2.45) is 11.3 Å². The minimum absolute atomic E-state index is 0.0493. The van der Waals surface area contributed by atoms with E-state index >= 15 is 0 Å². The fourth-order valence-electron chi connectivity index (χ4n) is 2.31. The number of hydrogen-bond donors (Lipinski definition) is 2. The predicted molar refractivity (Wildman–Crippen MR) is 76.0 cm³/mol. The van der Waals surface area contributed by atoms with Gasteiger partial charge in [0.25, 0.3) is 0 Å². The Morgan fingerprint density at radius 1 is 1.35 bits per heavy atom. The number of carbonyl (C=O) groups is 1. The second-order valence-electron chi connectivity index (χ2n) is 6.51. The zero-order valence-corrected chi connectivity index (χ0v) is 13.2. The van der Waals surface area contributed by atoms with Gasteiger partial charge in [-0.15, -0.1) is 0 Å². The third kappa shape index (κ3) is 5.76. The average Bonchev–Trinajstić information content (AvgIpc) is 2.34. The summed E-state index contributed by atoms with van der Waals surface area (Å²) in [6.45, 7) is 6.65. The minimum Gasteiger partial charge on any atom is -0.481 e. The first-order valence-corrected chi connectivity index (χ1v) is 8.45. The Morgan fingerprint density at radius 3 is 2.35 bits per heavy atom. The fraction of sp³-hybridized carbons (Fsp3) is 0.923. The summed E-state index contributed by atoms with van der Waals surface area (Å²) in [5.41, 5.74) is -0.160. The van der Waals surface area contributed by atoms with Gasteiger partial charge < -0.3 is 9.84 Å². The first-order valence-electron chi connectivity index (χ1n) is 6.91. The van der Waals surface area contributed by atoms with Crippen molar-refractivity contribution in [3.63, 3.8) is 0 Å². The van der Waals surface area contributed by atoms with Crippen molar-refractivity contribution in [2.45, 2.75) is 45.3 Å². The van der Waals surface area contributed by atoms with E-state index < -0.39 is 27.2 Å². The maximum Gasteiger partial charge on any atom is 0.307 e. The van der Waals surface area contributed by atoms with E-state index in [-0.39, 0.29) is 12.0 Å². The lowest BCUT2D eigenvalue weighted by Gasteiger charge is -2.26. The van der Waals surface area contributed by atoms with E-state index in [4.69, 9.17) is 4.74 Å². The maximum atomic E-state index is 12.1. The van der Waals surface area contributed by atoms with E-state index in [0.717, 1.165) is 0 Å². The zero-order chi connectivity index (χ0) is 15.4. The van der Waals surface area contributed by atoms with Crippen molar-refractivity contribution in [1.82, 2.24) is 4.72 Å². The highest BCUT2D eigenvalue weighted by Crippen LogP contribution is 2.24. The van der Waals surface area contributed by atoms with Gasteiger partial charge in [0.05, 0.1) is 11.2 Å². The molecule has 6 nitrogen and oxygen atoms in total. The van der Waals surface area contributed by atoms with Crippen molar-refractivity contribution < 1.29 is 23.1 Å². The molecule has 118 valence electrons. The van der Waals surface area contributed by atoms with Gasteiger partial charge in [0, 0.05) is 19.8 Å². The van der Waals surface area contributed by atoms with Gasteiger partial charge in [0.1, 0.15) is 0 Å². The van der Waals surface area contributed by atoms with Crippen LogP contribution in [0.4, 0.5) is 0 Å². The monoisotopic (exact) mass is 307 g/mol. The van der Waals surface area contributed by atoms with Gasteiger partial charge in [-0.05, 0) is 24.7 Å². The van der Waals surface area contributed by atoms with Gasteiger partial charge in [-0.1, -0.05) is 20.8 Å². The molecule has 0 amide bonds. The van der Waals surface area contributed by atoms with Crippen molar-refractivity contribution in [2.75, 3.05) is 19.8 Å². The molecule has 1 heterocycles. The third-order valence-corrected chi connectivity index (χ3v) is 5.26. The molecule has 1 atom stereocenters. The topological polar surface area (TPSA) is 92.7 Å². The van der Waals surface area contributed by atoms with E-state index in [1.807, 2.05) is 20.8 Å². The van der Waals surface area contributed by atoms with Crippen molar-refractivity contribution in [3.05, 3.63) is 0 Å². The maximum absolute atomic E-state index is 12.1. The minimum atomic E-state index is -3.46. The van der Waals surface area contributed by atoms with E-state index in [9.17, 15) is 18.3 Å². The summed E-state index contributed by atoms with van der Waals surface area (Å²) in [5, 5.41) is 8.72. The first-order chi connectivity index (χ1) is 9.12. The summed E-state index contributed by atoms with van der Waals surface area (Å²) < 4.78 is 31.8. The molecule has 0 spiro atoms. The van der Waals surface area contributed by atoms with Crippen LogP contribution in [0.15, 0.2) is 0 Å². The number of nitrogens with one attached hydrogen (secondary N) is 1. The summed E-state index contributed by atoms with van der Waals surface area (Å²) >= 11 is 0. The Hall–Kier alpha value is -0.660. The third-order valence-electron chi connectivity index (χ3n) is 3.35. The van der Waals surface area contributed by atoms with Gasteiger partial charge >= 0.3 is 5.97 Å². The highest BCUT2D eigenvalue weighted by molar-refractivity contribution is 7.90. The molecule has 2 N–H and O–H groups in total. The largest absolute Gasteiger partial charge is 0.481 e. The molecule has 1 unspecified atom stereocenters. The second kappa shape index (κ2) is 6.87. The normalized spacial score (nSPS) is 19.8. The van der Waals surface area contributed by atoms with E-state index in [1.54, 1.807) is 0 Å². The van der Waals surface area contributed by atoms with Gasteiger partial charge in [-0.3, -0.25) is 4.79 Å². The van der Waals surface area contributed by atoms with Crippen LogP contribution in [0.1, 0.15) is 40.0 Å². The molecule has 1 aliphatic rings. The van der Waals surface area contributed by atoms with Crippen LogP contribution < -0.4 is 4.72 Å². The molecule has 0 bridgehead atoms. The van der Waals surface area contributed by atoms with E-state index in [1.165, 1.54) is 0 Å². The van der Waals surface area contributed by atoms with Gasteiger partial charge in [-0.25, -0.2) is 13.1 Å². The molecule has 1 rings (SSSR count). The summed E-state index contributed by atoms with van der Waals surface area (Å²) in [6.07, 6.45) is 1.36. The summed E-state index contributed by atoms with van der Waals surface area (Å²) in [6, 6.07) is 0. The van der Waals surface area contributed by atoms with Crippen molar-refractivity contribution in [1.29, 1.82) is 0 Å². The second-order valence-corrected chi connectivity index (χ2v) is 8.55. The number of carboxylic acid groups (broad SMARTS) is 1. The molecular formula is C13H25NO5S. The Balaban J connectivity index is 2.59. The van der Waals surface area contributed by atoms with Crippen LogP contribution in [0.2, 0.25) is 0 Å². The average molecular weight is 307 g/mol. The highest BCUT2D eigenvalue weighted by atomic mass is 32.2. The summed E-state index contributed by atoms with van der Waals surface area (Å²) in [5.74, 6) is -1.67. The van der Waals surface area contributed by atoms with Gasteiger partial charge in [0.2, 0.25) is 10.0 Å². The lowest BCUT2D eigenvalue weighted by atomic mass is 9.85. The van der Waals surface area contributed by atoms with Crippen LogP contribution in [0.5, 0.6) is 0 Å². The lowest BCUT2D eigenvalue weighted by molar-refractivity contribution is -0.142. The molecule has 20 heavy (non-hydrogen) atoms. The van der Waals surface area contributed by atoms with Gasteiger partial charge in [0.15, 0.2) is 0 Å². The fourth-order valence-corrected chi connectivity index (χ4v) is 3.79. The summed E-state index contributed by atoms with van der Waals surface area (Å²) in [4.78, 5) is 11.2. The molecular weight excluding hydrogens is 282 g/mol. The standard InChI is InChI=1S/C13H25NO5S/c1-13(2,3)8-10(12(15)16)9-14-20(17,18)11-4-6-19-7-5-11/h10-11,14H,4-9H2,1-3H3,(H,15,16). The molecule has 0 aromatic heterocycles. The van der Waals surface area contributed by atoms with Crippen LogP contribution in [-0.2, 0) is 19.6 Å². The number of ether oxygens (including phenoxy) is 1. The molecule has 1 aliphatic heterocycles. The smallest absolute Gasteiger partial charge is 0.307 e. The Kier molecular flexibility index (Phi) is 5.97. The van der Waals surface area contributed by atoms with Crippen LogP contribution in [0.3, 0.4) is 0 Å². The number of carboxylic acids is 1. The number of rotatable bonds is 6. The zero-order valence-electron chi connectivity index (χ0n) is 12.4. The summed E-state index contributed by atoms with van der Waals surface area (Å²) in [7, 11) is -3.46.